The van der Waals surface area contributed by atoms with Crippen LogP contribution in [-0.2, 0) is 13.1 Å². The summed E-state index contributed by atoms with van der Waals surface area (Å²) in [5.74, 6) is 0.747. The zero-order valence-corrected chi connectivity index (χ0v) is 11.6. The van der Waals surface area contributed by atoms with Crippen molar-refractivity contribution in [1.82, 2.24) is 4.90 Å². The Morgan fingerprint density at radius 2 is 1.65 bits per heavy atom. The molecule has 0 fully saturated rings. The lowest BCUT2D eigenvalue weighted by Crippen LogP contribution is -2.23. The number of ether oxygens (including phenoxy) is 1. The quantitative estimate of drug-likeness (QED) is 0.926. The number of benzene rings is 2. The highest BCUT2D eigenvalue weighted by molar-refractivity contribution is 5.35. The molecule has 1 N–H and O–H groups in total. The van der Waals surface area contributed by atoms with E-state index < -0.39 is 6.10 Å². The van der Waals surface area contributed by atoms with Crippen LogP contribution in [0.1, 0.15) is 22.8 Å². The molecule has 20 heavy (non-hydrogen) atoms. The molecule has 0 saturated heterocycles. The highest BCUT2D eigenvalue weighted by atomic mass is 16.5. The first-order chi connectivity index (χ1) is 9.78. The van der Waals surface area contributed by atoms with E-state index in [4.69, 9.17) is 4.74 Å². The van der Waals surface area contributed by atoms with Gasteiger partial charge in [0.25, 0.3) is 0 Å². The molecule has 3 heteroatoms. The fourth-order valence-corrected chi connectivity index (χ4v) is 2.82. The van der Waals surface area contributed by atoms with E-state index in [0.717, 1.165) is 24.4 Å². The van der Waals surface area contributed by atoms with Gasteiger partial charge >= 0.3 is 0 Å². The molecule has 0 aliphatic carbocycles. The average molecular weight is 269 g/mol. The topological polar surface area (TPSA) is 32.7 Å². The van der Waals surface area contributed by atoms with Crippen molar-refractivity contribution in [1.29, 1.82) is 0 Å². The van der Waals surface area contributed by atoms with Crippen LogP contribution in [0.25, 0.3) is 0 Å². The molecule has 0 saturated carbocycles. The Morgan fingerprint density at radius 1 is 1.05 bits per heavy atom. The first-order valence-corrected chi connectivity index (χ1v) is 6.88. The summed E-state index contributed by atoms with van der Waals surface area (Å²) in [6.45, 7) is 2.43. The van der Waals surface area contributed by atoms with E-state index in [-0.39, 0.29) is 0 Å². The Balaban J connectivity index is 1.70. The van der Waals surface area contributed by atoms with E-state index in [1.54, 1.807) is 7.11 Å². The van der Waals surface area contributed by atoms with Crippen molar-refractivity contribution in [2.24, 2.45) is 0 Å². The Morgan fingerprint density at radius 3 is 2.30 bits per heavy atom. The molecular weight excluding hydrogens is 250 g/mol. The predicted molar refractivity (Wildman–Crippen MR) is 78.5 cm³/mol. The molecule has 0 bridgehead atoms. The van der Waals surface area contributed by atoms with E-state index in [2.05, 4.69) is 29.2 Å². The highest BCUT2D eigenvalue weighted by Crippen LogP contribution is 2.28. The van der Waals surface area contributed by atoms with Crippen molar-refractivity contribution in [3.8, 4) is 5.75 Å². The van der Waals surface area contributed by atoms with Gasteiger partial charge in [0, 0.05) is 25.2 Å². The summed E-state index contributed by atoms with van der Waals surface area (Å²) in [6, 6.07) is 16.1. The Labute approximate surface area is 119 Å². The van der Waals surface area contributed by atoms with Gasteiger partial charge in [-0.05, 0) is 17.2 Å². The molecule has 104 valence electrons. The average Bonchev–Trinajstić information content (AvgIpc) is 2.89. The van der Waals surface area contributed by atoms with Crippen molar-refractivity contribution in [2.75, 3.05) is 13.7 Å². The molecular formula is C17H19NO2. The van der Waals surface area contributed by atoms with Crippen LogP contribution in [-0.4, -0.2) is 23.7 Å². The molecule has 3 rings (SSSR count). The zero-order chi connectivity index (χ0) is 13.9. The maximum atomic E-state index is 10.5. The monoisotopic (exact) mass is 269 g/mol. The number of aliphatic hydroxyl groups excluding tert-OH is 1. The second-order valence-electron chi connectivity index (χ2n) is 5.20. The second kappa shape index (κ2) is 5.65. The van der Waals surface area contributed by atoms with Crippen molar-refractivity contribution in [3.05, 3.63) is 65.2 Å². The molecule has 1 unspecified atom stereocenters. The van der Waals surface area contributed by atoms with Crippen molar-refractivity contribution in [2.45, 2.75) is 19.2 Å². The minimum Gasteiger partial charge on any atom is -0.496 e. The third-order valence-electron chi connectivity index (χ3n) is 3.84. The van der Waals surface area contributed by atoms with Crippen LogP contribution in [0.2, 0.25) is 0 Å². The number of aliphatic hydroxyl groups is 1. The fraction of sp³-hybridized carbons (Fsp3) is 0.294. The number of rotatable bonds is 4. The summed E-state index contributed by atoms with van der Waals surface area (Å²) in [6.07, 6.45) is -0.527. The molecule has 2 aromatic rings. The van der Waals surface area contributed by atoms with E-state index in [9.17, 15) is 5.11 Å². The summed E-state index contributed by atoms with van der Waals surface area (Å²) in [5, 5.41) is 10.5. The molecule has 0 spiro atoms. The van der Waals surface area contributed by atoms with Gasteiger partial charge in [0.05, 0.1) is 13.2 Å². The lowest BCUT2D eigenvalue weighted by atomic mass is 10.1. The van der Waals surface area contributed by atoms with E-state index in [1.165, 1.54) is 11.1 Å². The maximum Gasteiger partial charge on any atom is 0.124 e. The zero-order valence-electron chi connectivity index (χ0n) is 11.6. The number of hydrogen-bond acceptors (Lipinski definition) is 3. The van der Waals surface area contributed by atoms with Crippen LogP contribution in [0, 0.1) is 0 Å². The van der Waals surface area contributed by atoms with Crippen molar-refractivity contribution >= 4 is 0 Å². The smallest absolute Gasteiger partial charge is 0.124 e. The van der Waals surface area contributed by atoms with Crippen molar-refractivity contribution in [3.63, 3.8) is 0 Å². The van der Waals surface area contributed by atoms with Crippen LogP contribution < -0.4 is 4.74 Å². The Bertz CT molecular complexity index is 572. The molecule has 2 aromatic carbocycles. The van der Waals surface area contributed by atoms with Gasteiger partial charge in [0.15, 0.2) is 0 Å². The third-order valence-corrected chi connectivity index (χ3v) is 3.84. The summed E-state index contributed by atoms with van der Waals surface area (Å²) in [4.78, 5) is 2.27. The molecule has 1 atom stereocenters. The third kappa shape index (κ3) is 2.55. The Kier molecular flexibility index (Phi) is 3.72. The van der Waals surface area contributed by atoms with Gasteiger partial charge in [-0.25, -0.2) is 0 Å². The van der Waals surface area contributed by atoms with Crippen LogP contribution in [0.15, 0.2) is 48.5 Å². The van der Waals surface area contributed by atoms with Gasteiger partial charge in [-0.2, -0.15) is 0 Å². The van der Waals surface area contributed by atoms with Crippen molar-refractivity contribution < 1.29 is 9.84 Å². The summed E-state index contributed by atoms with van der Waals surface area (Å²) >= 11 is 0. The van der Waals surface area contributed by atoms with Crippen LogP contribution in [0.4, 0.5) is 0 Å². The molecule has 0 amide bonds. The molecule has 0 aromatic heterocycles. The number of fused-ring (bicyclic) bond motifs is 1. The van der Waals surface area contributed by atoms with Gasteiger partial charge in [0.2, 0.25) is 0 Å². The van der Waals surface area contributed by atoms with Gasteiger partial charge in [0.1, 0.15) is 5.75 Å². The fourth-order valence-electron chi connectivity index (χ4n) is 2.82. The summed E-state index contributed by atoms with van der Waals surface area (Å²) < 4.78 is 5.31. The number of hydrogen-bond donors (Lipinski definition) is 1. The first kappa shape index (κ1) is 13.2. The molecule has 1 heterocycles. The minimum atomic E-state index is -0.527. The highest BCUT2D eigenvalue weighted by Gasteiger charge is 2.22. The SMILES string of the molecule is COc1ccccc1C(O)CN1Cc2ccccc2C1. The second-order valence-corrected chi connectivity index (χ2v) is 5.20. The van der Waals surface area contributed by atoms with Gasteiger partial charge in [-0.1, -0.05) is 42.5 Å². The molecule has 3 nitrogen and oxygen atoms in total. The van der Waals surface area contributed by atoms with Crippen LogP contribution >= 0.6 is 0 Å². The van der Waals surface area contributed by atoms with Gasteiger partial charge in [-0.3, -0.25) is 4.90 Å². The molecule has 1 aliphatic heterocycles. The predicted octanol–water partition coefficient (Wildman–Crippen LogP) is 2.74. The van der Waals surface area contributed by atoms with Crippen LogP contribution in [0.5, 0.6) is 5.75 Å². The summed E-state index contributed by atoms with van der Waals surface area (Å²) in [5.41, 5.74) is 3.57. The lowest BCUT2D eigenvalue weighted by Gasteiger charge is -2.21. The van der Waals surface area contributed by atoms with Gasteiger partial charge < -0.3 is 9.84 Å². The number of β-amino-alcohol motifs (C(OH)–C–C–N with tert-alkyl or cyclic N) is 1. The summed E-state index contributed by atoms with van der Waals surface area (Å²) in [7, 11) is 1.64. The standard InChI is InChI=1S/C17H19NO2/c1-20-17-9-5-4-8-15(17)16(19)12-18-10-13-6-2-3-7-14(13)11-18/h2-9,16,19H,10-12H2,1H3. The maximum absolute atomic E-state index is 10.5. The van der Waals surface area contributed by atoms with E-state index in [1.807, 2.05) is 24.3 Å². The number of methoxy groups -OCH3 is 1. The number of para-hydroxylation sites is 1. The lowest BCUT2D eigenvalue weighted by molar-refractivity contribution is 0.110. The normalized spacial score (nSPS) is 15.9. The largest absolute Gasteiger partial charge is 0.496 e. The Hall–Kier alpha value is -1.84. The molecule has 0 radical (unpaired) electrons. The van der Waals surface area contributed by atoms with E-state index in [0.29, 0.717) is 6.54 Å². The first-order valence-electron chi connectivity index (χ1n) is 6.88. The van der Waals surface area contributed by atoms with Crippen LogP contribution in [0.3, 0.4) is 0 Å². The number of nitrogens with zero attached hydrogens (tertiary/aromatic N) is 1. The molecule has 1 aliphatic rings. The van der Waals surface area contributed by atoms with Gasteiger partial charge in [-0.15, -0.1) is 0 Å². The van der Waals surface area contributed by atoms with E-state index >= 15 is 0 Å². The minimum absolute atomic E-state index is 0.527.